The first kappa shape index (κ1) is 21.9. The Morgan fingerprint density at radius 3 is 2.58 bits per heavy atom. The van der Waals surface area contributed by atoms with Crippen LogP contribution >= 0.6 is 15.9 Å². The van der Waals surface area contributed by atoms with E-state index < -0.39 is 0 Å². The monoisotopic (exact) mass is 538 g/mol. The van der Waals surface area contributed by atoms with E-state index in [9.17, 15) is 4.79 Å². The number of carbonyl (C=O) groups is 1. The number of nitrogens with one attached hydrogen (secondary N) is 1. The fourth-order valence-corrected chi connectivity index (χ4v) is 5.92. The summed E-state index contributed by atoms with van der Waals surface area (Å²) >= 11 is 3.65. The highest BCUT2D eigenvalue weighted by Crippen LogP contribution is 2.35. The zero-order valence-electron chi connectivity index (χ0n) is 20.0. The number of H-pyrrole nitrogens is 1. The molecule has 3 heterocycles. The molecule has 5 nitrogen and oxygen atoms in total. The van der Waals surface area contributed by atoms with Crippen molar-refractivity contribution in [2.24, 2.45) is 11.8 Å². The molecular weight excluding hydrogens is 512 g/mol. The summed E-state index contributed by atoms with van der Waals surface area (Å²) < 4.78 is 3.41. The van der Waals surface area contributed by atoms with Gasteiger partial charge in [-0.25, -0.2) is 4.98 Å². The first-order valence-electron chi connectivity index (χ1n) is 12.7. The lowest BCUT2D eigenvalue weighted by molar-refractivity contribution is -0.131. The number of amides is 1. The Bertz CT molecular complexity index is 1590. The van der Waals surface area contributed by atoms with Gasteiger partial charge in [0.2, 0.25) is 5.91 Å². The molecule has 1 aliphatic heterocycles. The Morgan fingerprint density at radius 2 is 1.75 bits per heavy atom. The van der Waals surface area contributed by atoms with Crippen LogP contribution in [0.3, 0.4) is 0 Å². The molecular formula is C30H27BrN4O. The Hall–Kier alpha value is -3.38. The second-order valence-corrected chi connectivity index (χ2v) is 11.2. The molecule has 1 saturated carbocycles. The van der Waals surface area contributed by atoms with Gasteiger partial charge in [0.1, 0.15) is 5.82 Å². The topological polar surface area (TPSA) is 53.9 Å². The molecule has 0 spiro atoms. The number of hydrogen-bond donors (Lipinski definition) is 1. The lowest BCUT2D eigenvalue weighted by Crippen LogP contribution is -2.30. The van der Waals surface area contributed by atoms with Crippen LogP contribution in [-0.4, -0.2) is 38.4 Å². The highest BCUT2D eigenvalue weighted by molar-refractivity contribution is 9.10. The van der Waals surface area contributed by atoms with Crippen LogP contribution in [0.1, 0.15) is 19.3 Å². The molecule has 3 aromatic carbocycles. The minimum atomic E-state index is 0.292. The Morgan fingerprint density at radius 1 is 0.944 bits per heavy atom. The van der Waals surface area contributed by atoms with Crippen LogP contribution in [0.15, 0.2) is 77.4 Å². The van der Waals surface area contributed by atoms with Gasteiger partial charge in [0, 0.05) is 47.3 Å². The molecule has 1 aliphatic carbocycles. The van der Waals surface area contributed by atoms with Gasteiger partial charge in [-0.2, -0.15) is 0 Å². The molecule has 1 saturated heterocycles. The molecule has 36 heavy (non-hydrogen) atoms. The average Bonchev–Trinajstić information content (AvgIpc) is 3.30. The molecule has 2 fully saturated rings. The minimum absolute atomic E-state index is 0.292. The number of carbonyl (C=O) groups excluding carboxylic acids is 1. The van der Waals surface area contributed by atoms with Crippen molar-refractivity contribution in [2.75, 3.05) is 13.1 Å². The van der Waals surface area contributed by atoms with Crippen molar-refractivity contribution in [1.29, 1.82) is 0 Å². The van der Waals surface area contributed by atoms with Gasteiger partial charge >= 0.3 is 0 Å². The molecule has 2 aliphatic rings. The van der Waals surface area contributed by atoms with Crippen molar-refractivity contribution in [3.63, 3.8) is 0 Å². The Labute approximate surface area is 218 Å². The summed E-state index contributed by atoms with van der Waals surface area (Å²) in [4.78, 5) is 23.0. The van der Waals surface area contributed by atoms with Crippen molar-refractivity contribution in [2.45, 2.75) is 25.8 Å². The number of rotatable bonds is 5. The Kier molecular flexibility index (Phi) is 5.24. The number of benzene rings is 3. The maximum Gasteiger partial charge on any atom is 0.225 e. The molecule has 0 radical (unpaired) electrons. The summed E-state index contributed by atoms with van der Waals surface area (Å²) in [6.07, 6.45) is 5.16. The third kappa shape index (κ3) is 3.94. The minimum Gasteiger partial charge on any atom is -0.361 e. The zero-order chi connectivity index (χ0) is 24.2. The van der Waals surface area contributed by atoms with Gasteiger partial charge in [-0.05, 0) is 78.1 Å². The van der Waals surface area contributed by atoms with E-state index in [4.69, 9.17) is 4.98 Å². The Balaban J connectivity index is 1.21. The smallest absolute Gasteiger partial charge is 0.225 e. The van der Waals surface area contributed by atoms with Gasteiger partial charge in [-0.3, -0.25) is 4.79 Å². The van der Waals surface area contributed by atoms with Gasteiger partial charge in [0.15, 0.2) is 0 Å². The molecule has 6 heteroatoms. The van der Waals surface area contributed by atoms with Gasteiger partial charge in [-0.15, -0.1) is 0 Å². The van der Waals surface area contributed by atoms with E-state index >= 15 is 0 Å². The zero-order valence-corrected chi connectivity index (χ0v) is 21.5. The summed E-state index contributed by atoms with van der Waals surface area (Å²) in [6, 6.07) is 23.7. The summed E-state index contributed by atoms with van der Waals surface area (Å²) in [7, 11) is 0. The molecule has 7 rings (SSSR count). The van der Waals surface area contributed by atoms with E-state index in [1.54, 1.807) is 0 Å². The maximum atomic E-state index is 12.6. The fourth-order valence-electron chi connectivity index (χ4n) is 5.57. The lowest BCUT2D eigenvalue weighted by Gasteiger charge is -2.18. The second kappa shape index (κ2) is 8.63. The summed E-state index contributed by atoms with van der Waals surface area (Å²) in [5, 5.41) is 1.22. The van der Waals surface area contributed by atoms with Gasteiger partial charge < -0.3 is 14.5 Å². The molecule has 5 aromatic rings. The first-order valence-corrected chi connectivity index (χ1v) is 13.5. The van der Waals surface area contributed by atoms with Crippen LogP contribution in [0.25, 0.3) is 44.5 Å². The number of imidazole rings is 1. The summed E-state index contributed by atoms with van der Waals surface area (Å²) in [5.41, 5.74) is 6.79. The average molecular weight is 539 g/mol. The highest BCUT2D eigenvalue weighted by atomic mass is 79.9. The van der Waals surface area contributed by atoms with Crippen molar-refractivity contribution >= 4 is 43.8 Å². The molecule has 1 unspecified atom stereocenters. The van der Waals surface area contributed by atoms with E-state index in [2.05, 4.69) is 97.1 Å². The number of likely N-dealkylation sites (tertiary alicyclic amines) is 1. The quantitative estimate of drug-likeness (QED) is 0.265. The predicted molar refractivity (Wildman–Crippen MR) is 148 cm³/mol. The molecule has 180 valence electrons. The van der Waals surface area contributed by atoms with Gasteiger partial charge in [0.05, 0.1) is 11.0 Å². The number of nitrogens with zero attached hydrogens (tertiary/aromatic N) is 3. The third-order valence-corrected chi connectivity index (χ3v) is 8.20. The number of aromatic amines is 1. The van der Waals surface area contributed by atoms with Crippen LogP contribution < -0.4 is 0 Å². The van der Waals surface area contributed by atoms with E-state index in [-0.39, 0.29) is 0 Å². The van der Waals surface area contributed by atoms with Crippen molar-refractivity contribution in [1.82, 2.24) is 19.4 Å². The van der Waals surface area contributed by atoms with E-state index in [1.165, 1.54) is 16.5 Å². The molecule has 0 bridgehead atoms. The van der Waals surface area contributed by atoms with Crippen LogP contribution in [0.5, 0.6) is 0 Å². The molecule has 2 aromatic heterocycles. The first-order chi connectivity index (χ1) is 17.6. The van der Waals surface area contributed by atoms with Crippen LogP contribution in [-0.2, 0) is 11.3 Å². The summed E-state index contributed by atoms with van der Waals surface area (Å²) in [6.45, 7) is 2.59. The molecule has 1 atom stereocenters. The second-order valence-electron chi connectivity index (χ2n) is 10.2. The van der Waals surface area contributed by atoms with Gasteiger partial charge in [0.25, 0.3) is 0 Å². The third-order valence-electron chi connectivity index (χ3n) is 7.70. The normalized spacial score (nSPS) is 17.9. The number of aromatic nitrogens is 3. The van der Waals surface area contributed by atoms with Crippen molar-refractivity contribution in [3.8, 4) is 22.5 Å². The number of hydrogen-bond acceptors (Lipinski definition) is 2. The van der Waals surface area contributed by atoms with Crippen molar-refractivity contribution in [3.05, 3.63) is 77.4 Å². The highest BCUT2D eigenvalue weighted by Gasteiger charge is 2.36. The number of fused-ring (bicyclic) bond motifs is 2. The van der Waals surface area contributed by atoms with Crippen LogP contribution in [0.2, 0.25) is 0 Å². The van der Waals surface area contributed by atoms with Crippen molar-refractivity contribution < 1.29 is 4.79 Å². The van der Waals surface area contributed by atoms with Gasteiger partial charge in [-0.1, -0.05) is 46.3 Å². The fraction of sp³-hybridized carbons (Fsp3) is 0.267. The van der Waals surface area contributed by atoms with E-state index in [0.29, 0.717) is 17.7 Å². The largest absolute Gasteiger partial charge is 0.361 e. The SMILES string of the molecule is O=C(C1CC1)N1CCC(Cn2c(-c3ccc(-c4ccc5[nH]ccc5c4)cc3)nc3ccc(Br)cc32)C1. The van der Waals surface area contributed by atoms with E-state index in [0.717, 1.165) is 71.3 Å². The molecule has 1 N–H and O–H groups in total. The summed E-state index contributed by atoms with van der Waals surface area (Å²) in [5.74, 6) is 2.09. The standard InChI is InChI=1S/C30H27BrN4O/c31-25-8-10-27-28(16-25)35(18-19-12-14-34(17-19)30(36)22-5-6-22)29(33-27)21-3-1-20(2-4-21)23-7-9-26-24(15-23)11-13-32-26/h1-4,7-11,13,15-16,19,22,32H,5-6,12,14,17-18H2. The lowest BCUT2D eigenvalue weighted by atomic mass is 10.0. The predicted octanol–water partition coefficient (Wildman–Crippen LogP) is 6.87. The number of halogens is 1. The maximum absolute atomic E-state index is 12.6. The molecule has 1 amide bonds. The van der Waals surface area contributed by atoms with E-state index in [1.807, 2.05) is 6.20 Å². The van der Waals surface area contributed by atoms with Crippen LogP contribution in [0, 0.1) is 11.8 Å². The van der Waals surface area contributed by atoms with Crippen LogP contribution in [0.4, 0.5) is 0 Å².